The van der Waals surface area contributed by atoms with Crippen LogP contribution in [0.1, 0.15) is 65.7 Å². The van der Waals surface area contributed by atoms with Crippen molar-refractivity contribution in [1.29, 1.82) is 0 Å². The van der Waals surface area contributed by atoms with Gasteiger partial charge in [0, 0.05) is 6.42 Å². The van der Waals surface area contributed by atoms with Gasteiger partial charge in [0.1, 0.15) is 5.78 Å². The molecule has 0 radical (unpaired) electrons. The maximum atomic E-state index is 12.9. The summed E-state index contributed by atoms with van der Waals surface area (Å²) in [6, 6.07) is 0. The highest BCUT2D eigenvalue weighted by molar-refractivity contribution is 5.90. The number of Topliss-reactive ketones (excluding diaryl/α,β-unsaturated/α-hetero) is 1. The molecule has 2 nitrogen and oxygen atoms in total. The smallest absolute Gasteiger partial charge is 0.145 e. The molecule has 0 amide bonds. The number of aliphatic hydroxyl groups excluding tert-OH is 1. The molecule has 0 bridgehead atoms. The summed E-state index contributed by atoms with van der Waals surface area (Å²) >= 11 is 0. The Hall–Kier alpha value is -0.890. The first-order valence-corrected chi connectivity index (χ1v) is 9.47. The van der Waals surface area contributed by atoms with Crippen molar-refractivity contribution in [2.24, 2.45) is 28.6 Å². The van der Waals surface area contributed by atoms with Crippen LogP contribution in [0.3, 0.4) is 0 Å². The van der Waals surface area contributed by atoms with Gasteiger partial charge >= 0.3 is 0 Å². The van der Waals surface area contributed by atoms with Crippen LogP contribution in [-0.2, 0) is 4.79 Å². The lowest BCUT2D eigenvalue weighted by atomic mass is 9.47. The number of carbonyl (C=O) groups is 1. The van der Waals surface area contributed by atoms with Gasteiger partial charge in [-0.2, -0.15) is 0 Å². The lowest BCUT2D eigenvalue weighted by Crippen LogP contribution is -2.53. The molecule has 3 fully saturated rings. The quantitative estimate of drug-likeness (QED) is 0.671. The molecular weight excluding hydrogens is 284 g/mol. The third-order valence-electron chi connectivity index (χ3n) is 8.13. The Morgan fingerprint density at radius 1 is 1.22 bits per heavy atom. The van der Waals surface area contributed by atoms with Crippen molar-refractivity contribution in [3.63, 3.8) is 0 Å². The molecule has 4 aliphatic carbocycles. The van der Waals surface area contributed by atoms with Crippen molar-refractivity contribution in [2.75, 3.05) is 0 Å². The van der Waals surface area contributed by atoms with E-state index in [1.54, 1.807) is 5.57 Å². The number of allylic oxidation sites excluding steroid dienone is 3. The van der Waals surface area contributed by atoms with Crippen molar-refractivity contribution in [3.05, 3.63) is 23.3 Å². The molecule has 3 saturated carbocycles. The normalized spacial score (nSPS) is 51.0. The summed E-state index contributed by atoms with van der Waals surface area (Å²) in [5.41, 5.74) is 2.98. The largest absolute Gasteiger partial charge is 0.392 e. The molecule has 4 aliphatic rings. The van der Waals surface area contributed by atoms with Gasteiger partial charge in [-0.1, -0.05) is 30.2 Å². The molecule has 0 aromatic rings. The lowest BCUT2D eigenvalue weighted by molar-refractivity contribution is -0.138. The van der Waals surface area contributed by atoms with E-state index in [9.17, 15) is 9.90 Å². The lowest BCUT2D eigenvalue weighted by Gasteiger charge is -2.56. The van der Waals surface area contributed by atoms with Gasteiger partial charge in [0.15, 0.2) is 0 Å². The van der Waals surface area contributed by atoms with E-state index >= 15 is 0 Å². The van der Waals surface area contributed by atoms with E-state index in [-0.39, 0.29) is 5.41 Å². The number of hydrogen-bond acceptors (Lipinski definition) is 2. The van der Waals surface area contributed by atoms with Crippen LogP contribution >= 0.6 is 0 Å². The molecule has 0 spiro atoms. The third kappa shape index (κ3) is 1.94. The fourth-order valence-corrected chi connectivity index (χ4v) is 6.82. The Labute approximate surface area is 140 Å². The molecule has 4 rings (SSSR count). The summed E-state index contributed by atoms with van der Waals surface area (Å²) in [4.78, 5) is 12.9. The Balaban J connectivity index is 1.73. The summed E-state index contributed by atoms with van der Waals surface area (Å²) in [6.07, 6.45) is 11.4. The first-order valence-electron chi connectivity index (χ1n) is 9.47. The Kier molecular flexibility index (Phi) is 3.43. The van der Waals surface area contributed by atoms with E-state index in [1.165, 1.54) is 31.3 Å². The number of hydrogen-bond donors (Lipinski definition) is 1. The molecule has 0 aliphatic heterocycles. The monoisotopic (exact) mass is 314 g/mol. The van der Waals surface area contributed by atoms with E-state index in [1.807, 2.05) is 0 Å². The van der Waals surface area contributed by atoms with Gasteiger partial charge in [0.2, 0.25) is 0 Å². The van der Waals surface area contributed by atoms with Gasteiger partial charge in [-0.05, 0) is 75.5 Å². The summed E-state index contributed by atoms with van der Waals surface area (Å²) in [6.45, 7) is 6.86. The third-order valence-corrected chi connectivity index (χ3v) is 8.13. The maximum Gasteiger partial charge on any atom is 0.145 e. The van der Waals surface area contributed by atoms with Crippen LogP contribution in [-0.4, -0.2) is 17.0 Å². The van der Waals surface area contributed by atoms with Gasteiger partial charge in [0.25, 0.3) is 0 Å². The van der Waals surface area contributed by atoms with Gasteiger partial charge in [0.05, 0.1) is 11.5 Å². The van der Waals surface area contributed by atoms with Crippen molar-refractivity contribution in [2.45, 2.75) is 71.8 Å². The Morgan fingerprint density at radius 3 is 2.74 bits per heavy atom. The molecule has 6 atom stereocenters. The van der Waals surface area contributed by atoms with Gasteiger partial charge in [-0.15, -0.1) is 0 Å². The minimum absolute atomic E-state index is 0.290. The minimum Gasteiger partial charge on any atom is -0.392 e. The van der Waals surface area contributed by atoms with E-state index in [0.717, 1.165) is 12.3 Å². The predicted octanol–water partition coefficient (Wildman–Crippen LogP) is 4.44. The summed E-state index contributed by atoms with van der Waals surface area (Å²) < 4.78 is 0. The van der Waals surface area contributed by atoms with Crippen molar-refractivity contribution in [1.82, 2.24) is 0 Å². The molecule has 0 heterocycles. The highest BCUT2D eigenvalue weighted by Crippen LogP contribution is 2.65. The number of ketones is 1. The van der Waals surface area contributed by atoms with Crippen molar-refractivity contribution in [3.8, 4) is 0 Å². The maximum absolute atomic E-state index is 12.9. The average molecular weight is 314 g/mol. The highest BCUT2D eigenvalue weighted by Gasteiger charge is 2.59. The Bertz CT molecular complexity index is 601. The fraction of sp³-hybridized carbons (Fsp3) is 0.762. The van der Waals surface area contributed by atoms with Crippen LogP contribution in [0, 0.1) is 28.6 Å². The molecule has 126 valence electrons. The second kappa shape index (κ2) is 5.05. The van der Waals surface area contributed by atoms with E-state index in [2.05, 4.69) is 32.9 Å². The van der Waals surface area contributed by atoms with Crippen LogP contribution in [0.15, 0.2) is 23.3 Å². The van der Waals surface area contributed by atoms with Crippen LogP contribution in [0.2, 0.25) is 0 Å². The molecule has 0 saturated heterocycles. The summed E-state index contributed by atoms with van der Waals surface area (Å²) in [5, 5.41) is 10.0. The molecule has 2 heteroatoms. The van der Waals surface area contributed by atoms with Crippen molar-refractivity contribution >= 4 is 5.78 Å². The Morgan fingerprint density at radius 2 is 2.00 bits per heavy atom. The molecular formula is C21H30O2. The van der Waals surface area contributed by atoms with Crippen molar-refractivity contribution < 1.29 is 9.90 Å². The SMILES string of the molecule is CC=C1CC[C@H]2[C@@H]3CC=C4C[C@@H](O)CC(=O)[C@]4(C)[C@H]3CC[C@]12C. The number of rotatable bonds is 0. The fourth-order valence-electron chi connectivity index (χ4n) is 6.82. The van der Waals surface area contributed by atoms with Crippen LogP contribution in [0.5, 0.6) is 0 Å². The van der Waals surface area contributed by atoms with Gasteiger partial charge in [-0.25, -0.2) is 0 Å². The topological polar surface area (TPSA) is 37.3 Å². The van der Waals surface area contributed by atoms with E-state index in [4.69, 9.17) is 0 Å². The molecule has 0 aromatic heterocycles. The molecule has 23 heavy (non-hydrogen) atoms. The average Bonchev–Trinajstić information content (AvgIpc) is 2.85. The molecule has 0 unspecified atom stereocenters. The second-order valence-corrected chi connectivity index (χ2v) is 8.84. The van der Waals surface area contributed by atoms with Gasteiger partial charge < -0.3 is 5.11 Å². The zero-order valence-corrected chi connectivity index (χ0v) is 14.8. The molecule has 1 N–H and O–H groups in total. The first-order chi connectivity index (χ1) is 10.9. The second-order valence-electron chi connectivity index (χ2n) is 8.84. The standard InChI is InChI=1S/C21H30O2/c1-4-13-6-8-17-16-7-5-14-11-15(22)12-19(23)21(14,3)18(16)9-10-20(13,17)2/h4-5,15-18,22H,6-12H2,1-3H3/t15-,16+,17+,18+,20-,21+/m1/s1. The van der Waals surface area contributed by atoms with Gasteiger partial charge in [-0.3, -0.25) is 4.79 Å². The van der Waals surface area contributed by atoms with E-state index in [0.29, 0.717) is 35.9 Å². The van der Waals surface area contributed by atoms with Crippen LogP contribution < -0.4 is 0 Å². The molecule has 0 aromatic carbocycles. The zero-order chi connectivity index (χ0) is 16.4. The number of carbonyl (C=O) groups excluding carboxylic acids is 1. The number of fused-ring (bicyclic) bond motifs is 5. The zero-order valence-electron chi connectivity index (χ0n) is 14.8. The minimum atomic E-state index is -0.451. The van der Waals surface area contributed by atoms with Crippen LogP contribution in [0.4, 0.5) is 0 Å². The van der Waals surface area contributed by atoms with E-state index < -0.39 is 6.10 Å². The summed E-state index contributed by atoms with van der Waals surface area (Å²) in [7, 11) is 0. The summed E-state index contributed by atoms with van der Waals surface area (Å²) in [5.74, 6) is 2.18. The van der Waals surface area contributed by atoms with Crippen LogP contribution in [0.25, 0.3) is 0 Å². The first kappa shape index (κ1) is 15.6. The number of aliphatic hydroxyl groups is 1. The predicted molar refractivity (Wildman–Crippen MR) is 91.9 cm³/mol. The highest BCUT2D eigenvalue weighted by atomic mass is 16.3.